The first-order chi connectivity index (χ1) is 13.3. The first-order valence-corrected chi connectivity index (χ1v) is 9.41. The van der Waals surface area contributed by atoms with E-state index in [1.54, 1.807) is 17.2 Å². The molecule has 1 fully saturated rings. The summed E-state index contributed by atoms with van der Waals surface area (Å²) in [6.07, 6.45) is 1.80. The quantitative estimate of drug-likeness (QED) is 0.725. The molecule has 3 heterocycles. The lowest BCUT2D eigenvalue weighted by atomic mass is 9.96. The van der Waals surface area contributed by atoms with Gasteiger partial charge in [-0.3, -0.25) is 9.59 Å². The summed E-state index contributed by atoms with van der Waals surface area (Å²) >= 11 is 0. The van der Waals surface area contributed by atoms with Crippen molar-refractivity contribution in [2.45, 2.75) is 39.2 Å². The molecule has 1 aliphatic rings. The van der Waals surface area contributed by atoms with Crippen molar-refractivity contribution in [1.82, 2.24) is 14.9 Å². The molecule has 3 aromatic rings. The van der Waals surface area contributed by atoms with Gasteiger partial charge in [0.25, 0.3) is 0 Å². The molecule has 146 valence electrons. The highest BCUT2D eigenvalue weighted by atomic mass is 16.3. The zero-order valence-electron chi connectivity index (χ0n) is 16.3. The van der Waals surface area contributed by atoms with Crippen LogP contribution in [-0.2, 0) is 21.5 Å². The molecule has 0 saturated carbocycles. The summed E-state index contributed by atoms with van der Waals surface area (Å²) in [5.41, 5.74) is 2.36. The van der Waals surface area contributed by atoms with Gasteiger partial charge < -0.3 is 19.6 Å². The number of hydrogen-bond acceptors (Lipinski definition) is 4. The number of rotatable bonds is 4. The third-order valence-corrected chi connectivity index (χ3v) is 4.97. The molecule has 7 heteroatoms. The number of carbonyl (C=O) groups is 2. The third kappa shape index (κ3) is 3.65. The Balaban J connectivity index is 1.44. The van der Waals surface area contributed by atoms with E-state index in [1.165, 1.54) is 0 Å². The van der Waals surface area contributed by atoms with Crippen molar-refractivity contribution in [3.05, 3.63) is 48.2 Å². The first-order valence-electron chi connectivity index (χ1n) is 9.41. The maximum absolute atomic E-state index is 12.7. The van der Waals surface area contributed by atoms with Crippen LogP contribution in [-0.4, -0.2) is 33.2 Å². The van der Waals surface area contributed by atoms with E-state index in [1.807, 2.05) is 24.3 Å². The summed E-state index contributed by atoms with van der Waals surface area (Å²) in [6.45, 7) is 7.08. The van der Waals surface area contributed by atoms with Crippen molar-refractivity contribution < 1.29 is 14.0 Å². The number of amides is 2. The number of anilines is 1. The van der Waals surface area contributed by atoms with E-state index < -0.39 is 0 Å². The summed E-state index contributed by atoms with van der Waals surface area (Å²) in [5.74, 6) is 1.07. The lowest BCUT2D eigenvalue weighted by Gasteiger charge is -2.15. The number of nitrogens with one attached hydrogen (secondary N) is 2. The van der Waals surface area contributed by atoms with E-state index in [4.69, 9.17) is 4.42 Å². The fraction of sp³-hybridized carbons (Fsp3) is 0.381. The van der Waals surface area contributed by atoms with Gasteiger partial charge in [0, 0.05) is 24.1 Å². The third-order valence-electron chi connectivity index (χ3n) is 4.97. The Morgan fingerprint density at radius 1 is 1.36 bits per heavy atom. The van der Waals surface area contributed by atoms with Gasteiger partial charge in [-0.1, -0.05) is 20.8 Å². The van der Waals surface area contributed by atoms with Gasteiger partial charge >= 0.3 is 0 Å². The van der Waals surface area contributed by atoms with Gasteiger partial charge in [-0.15, -0.1) is 0 Å². The van der Waals surface area contributed by atoms with Crippen LogP contribution in [0.15, 0.2) is 41.0 Å². The monoisotopic (exact) mass is 380 g/mol. The lowest BCUT2D eigenvalue weighted by molar-refractivity contribution is -0.128. The summed E-state index contributed by atoms with van der Waals surface area (Å²) < 4.78 is 5.30. The van der Waals surface area contributed by atoms with Gasteiger partial charge in [0.05, 0.1) is 29.8 Å². The second-order valence-electron chi connectivity index (χ2n) is 8.31. The summed E-state index contributed by atoms with van der Waals surface area (Å²) in [5, 5.41) is 2.93. The Bertz CT molecular complexity index is 1010. The second-order valence-corrected chi connectivity index (χ2v) is 8.31. The van der Waals surface area contributed by atoms with E-state index in [0.717, 1.165) is 16.9 Å². The van der Waals surface area contributed by atoms with E-state index in [2.05, 4.69) is 36.1 Å². The van der Waals surface area contributed by atoms with Crippen LogP contribution in [0.2, 0.25) is 0 Å². The molecule has 0 unspecified atom stereocenters. The number of aromatic amines is 1. The average Bonchev–Trinajstić information content (AvgIpc) is 3.35. The number of fused-ring (bicyclic) bond motifs is 1. The summed E-state index contributed by atoms with van der Waals surface area (Å²) in [7, 11) is 0. The molecule has 0 radical (unpaired) electrons. The van der Waals surface area contributed by atoms with Gasteiger partial charge in [-0.2, -0.15) is 0 Å². The van der Waals surface area contributed by atoms with Crippen molar-refractivity contribution in [3.8, 4) is 0 Å². The topological polar surface area (TPSA) is 91.2 Å². The maximum Gasteiger partial charge on any atom is 0.229 e. The van der Waals surface area contributed by atoms with Gasteiger partial charge in [0.2, 0.25) is 11.8 Å². The van der Waals surface area contributed by atoms with E-state index >= 15 is 0 Å². The SMILES string of the molecule is CC(C)(C)c1nc2ccc(NC(=O)[C@H]3CC(=O)N(Cc4ccco4)C3)cc2[nH]1. The number of carbonyl (C=O) groups excluding carboxylic acids is 2. The molecule has 0 spiro atoms. The highest BCUT2D eigenvalue weighted by Gasteiger charge is 2.34. The largest absolute Gasteiger partial charge is 0.467 e. The molecule has 4 rings (SSSR count). The van der Waals surface area contributed by atoms with Gasteiger partial charge in [0.1, 0.15) is 11.6 Å². The summed E-state index contributed by atoms with van der Waals surface area (Å²) in [4.78, 5) is 34.5. The Labute approximate surface area is 163 Å². The molecule has 7 nitrogen and oxygen atoms in total. The minimum Gasteiger partial charge on any atom is -0.467 e. The van der Waals surface area contributed by atoms with Gasteiger partial charge in [-0.05, 0) is 30.3 Å². The van der Waals surface area contributed by atoms with Crippen molar-refractivity contribution in [2.24, 2.45) is 5.92 Å². The smallest absolute Gasteiger partial charge is 0.229 e. The molecule has 2 amide bonds. The average molecular weight is 380 g/mol. The standard InChI is InChI=1S/C21H24N4O3/c1-21(2,3)20-23-16-7-6-14(10-17(16)24-20)22-19(27)13-9-18(26)25(11-13)12-15-5-4-8-28-15/h4-8,10,13H,9,11-12H2,1-3H3,(H,22,27)(H,23,24)/t13-/m0/s1. The normalized spacial score (nSPS) is 17.5. The molecule has 2 N–H and O–H groups in total. The number of likely N-dealkylation sites (tertiary alicyclic amines) is 1. The first kappa shape index (κ1) is 18.3. The number of imidazole rings is 1. The Kier molecular flexibility index (Phi) is 4.45. The number of H-pyrrole nitrogens is 1. The molecule has 1 saturated heterocycles. The minimum atomic E-state index is -0.370. The van der Waals surface area contributed by atoms with Gasteiger partial charge in [-0.25, -0.2) is 4.98 Å². The van der Waals surface area contributed by atoms with Crippen LogP contribution in [0.25, 0.3) is 11.0 Å². The van der Waals surface area contributed by atoms with Crippen LogP contribution in [0, 0.1) is 5.92 Å². The van der Waals surface area contributed by atoms with Crippen LogP contribution in [0.4, 0.5) is 5.69 Å². The number of benzene rings is 1. The van der Waals surface area contributed by atoms with Crippen LogP contribution >= 0.6 is 0 Å². The van der Waals surface area contributed by atoms with E-state index in [9.17, 15) is 9.59 Å². The van der Waals surface area contributed by atoms with E-state index in [-0.39, 0.29) is 29.6 Å². The Morgan fingerprint density at radius 2 is 2.18 bits per heavy atom. The predicted octanol–water partition coefficient (Wildman–Crippen LogP) is 3.44. The molecule has 0 aliphatic carbocycles. The molecule has 2 aromatic heterocycles. The van der Waals surface area contributed by atoms with Crippen molar-refractivity contribution in [3.63, 3.8) is 0 Å². The molecule has 28 heavy (non-hydrogen) atoms. The number of hydrogen-bond donors (Lipinski definition) is 2. The fourth-order valence-corrected chi connectivity index (χ4v) is 3.38. The van der Waals surface area contributed by atoms with Crippen molar-refractivity contribution in [2.75, 3.05) is 11.9 Å². The van der Waals surface area contributed by atoms with Gasteiger partial charge in [0.15, 0.2) is 0 Å². The number of furan rings is 1. The zero-order valence-corrected chi connectivity index (χ0v) is 16.3. The molecule has 1 aromatic carbocycles. The molecular weight excluding hydrogens is 356 g/mol. The summed E-state index contributed by atoms with van der Waals surface area (Å²) in [6, 6.07) is 9.22. The zero-order chi connectivity index (χ0) is 19.9. The predicted molar refractivity (Wildman–Crippen MR) is 106 cm³/mol. The lowest BCUT2D eigenvalue weighted by Crippen LogP contribution is -2.27. The highest BCUT2D eigenvalue weighted by molar-refractivity contribution is 5.98. The van der Waals surface area contributed by atoms with Crippen LogP contribution in [0.5, 0.6) is 0 Å². The number of nitrogens with zero attached hydrogens (tertiary/aromatic N) is 2. The van der Waals surface area contributed by atoms with Crippen molar-refractivity contribution in [1.29, 1.82) is 0 Å². The van der Waals surface area contributed by atoms with Crippen LogP contribution < -0.4 is 5.32 Å². The van der Waals surface area contributed by atoms with Crippen molar-refractivity contribution >= 4 is 28.5 Å². The Hall–Kier alpha value is -3.09. The fourth-order valence-electron chi connectivity index (χ4n) is 3.38. The molecule has 0 bridgehead atoms. The minimum absolute atomic E-state index is 0.0320. The molecule has 1 aliphatic heterocycles. The molecular formula is C21H24N4O3. The highest BCUT2D eigenvalue weighted by Crippen LogP contribution is 2.26. The maximum atomic E-state index is 12.7. The number of aromatic nitrogens is 2. The van der Waals surface area contributed by atoms with E-state index in [0.29, 0.717) is 24.5 Å². The van der Waals surface area contributed by atoms with Crippen LogP contribution in [0.3, 0.4) is 0 Å². The Morgan fingerprint density at radius 3 is 2.89 bits per heavy atom. The molecule has 1 atom stereocenters. The van der Waals surface area contributed by atoms with Crippen LogP contribution in [0.1, 0.15) is 38.8 Å². The second kappa shape index (κ2) is 6.82.